The highest BCUT2D eigenvalue weighted by molar-refractivity contribution is 7.99. The first-order chi connectivity index (χ1) is 11.5. The van der Waals surface area contributed by atoms with Gasteiger partial charge in [-0.05, 0) is 29.8 Å². The number of rotatable bonds is 7. The van der Waals surface area contributed by atoms with Gasteiger partial charge in [0.25, 0.3) is 5.91 Å². The summed E-state index contributed by atoms with van der Waals surface area (Å²) in [4.78, 5) is 24.9. The van der Waals surface area contributed by atoms with E-state index in [1.54, 1.807) is 36.0 Å². The zero-order chi connectivity index (χ0) is 17.4. The van der Waals surface area contributed by atoms with Gasteiger partial charge >= 0.3 is 0 Å². The Bertz CT molecular complexity index is 670. The maximum absolute atomic E-state index is 11.9. The maximum Gasteiger partial charge on any atom is 0.251 e. The summed E-state index contributed by atoms with van der Waals surface area (Å²) in [5.41, 5.74) is 1.58. The molecule has 0 heterocycles. The fraction of sp³-hybridized carbons (Fsp3) is 0.263. The number of carbonyl (C=O) groups is 2. The molecule has 4 nitrogen and oxygen atoms in total. The molecule has 0 aliphatic heterocycles. The average Bonchev–Trinajstić information content (AvgIpc) is 2.59. The van der Waals surface area contributed by atoms with Crippen LogP contribution in [0.3, 0.4) is 0 Å². The Balaban J connectivity index is 1.74. The van der Waals surface area contributed by atoms with E-state index in [1.165, 1.54) is 4.90 Å². The second-order valence-electron chi connectivity index (χ2n) is 5.64. The molecule has 0 saturated carbocycles. The standard InChI is InChI=1S/C19H22N2O2S/c1-14(2)24-17-10-8-15(9-11-17)12-20-18(22)13-21-19(23)16-6-4-3-5-7-16/h3-11,14H,12-13H2,1-2H3,(H,20,22)(H,21,23). The molecule has 0 aliphatic carbocycles. The molecule has 0 radical (unpaired) electrons. The van der Waals surface area contributed by atoms with Gasteiger partial charge in [0.05, 0.1) is 6.54 Å². The van der Waals surface area contributed by atoms with Crippen LogP contribution >= 0.6 is 11.8 Å². The number of nitrogens with one attached hydrogen (secondary N) is 2. The van der Waals surface area contributed by atoms with Gasteiger partial charge in [0.2, 0.25) is 5.91 Å². The van der Waals surface area contributed by atoms with E-state index in [0.717, 1.165) is 5.56 Å². The summed E-state index contributed by atoms with van der Waals surface area (Å²) < 4.78 is 0. The Hall–Kier alpha value is -2.27. The van der Waals surface area contributed by atoms with E-state index in [1.807, 2.05) is 18.2 Å². The van der Waals surface area contributed by atoms with Crippen LogP contribution in [0.15, 0.2) is 59.5 Å². The molecule has 0 saturated heterocycles. The van der Waals surface area contributed by atoms with Crippen LogP contribution in [0.25, 0.3) is 0 Å². The van der Waals surface area contributed by atoms with Crippen molar-refractivity contribution in [1.82, 2.24) is 10.6 Å². The third-order valence-corrected chi connectivity index (χ3v) is 4.25. The highest BCUT2D eigenvalue weighted by Crippen LogP contribution is 2.22. The first kappa shape index (κ1) is 18.1. The topological polar surface area (TPSA) is 58.2 Å². The third-order valence-electron chi connectivity index (χ3n) is 3.23. The van der Waals surface area contributed by atoms with Crippen molar-refractivity contribution in [2.75, 3.05) is 6.54 Å². The van der Waals surface area contributed by atoms with Gasteiger partial charge in [-0.25, -0.2) is 0 Å². The van der Waals surface area contributed by atoms with Crippen LogP contribution in [0.4, 0.5) is 0 Å². The molecule has 0 atom stereocenters. The van der Waals surface area contributed by atoms with Crippen LogP contribution < -0.4 is 10.6 Å². The summed E-state index contributed by atoms with van der Waals surface area (Å²) in [6, 6.07) is 17.0. The maximum atomic E-state index is 11.9. The molecule has 0 aliphatic rings. The molecule has 0 aromatic heterocycles. The van der Waals surface area contributed by atoms with Crippen molar-refractivity contribution >= 4 is 23.6 Å². The van der Waals surface area contributed by atoms with E-state index in [-0.39, 0.29) is 18.4 Å². The van der Waals surface area contributed by atoms with Crippen molar-refractivity contribution in [1.29, 1.82) is 0 Å². The average molecular weight is 342 g/mol. The molecule has 24 heavy (non-hydrogen) atoms. The molecule has 2 aromatic rings. The highest BCUT2D eigenvalue weighted by atomic mass is 32.2. The molecular formula is C19H22N2O2S. The number of thioether (sulfide) groups is 1. The molecule has 0 bridgehead atoms. The molecular weight excluding hydrogens is 320 g/mol. The second-order valence-corrected chi connectivity index (χ2v) is 7.29. The van der Waals surface area contributed by atoms with Crippen LogP contribution in [-0.4, -0.2) is 23.6 Å². The van der Waals surface area contributed by atoms with E-state index < -0.39 is 0 Å². The first-order valence-electron chi connectivity index (χ1n) is 7.90. The smallest absolute Gasteiger partial charge is 0.251 e. The SMILES string of the molecule is CC(C)Sc1ccc(CNC(=O)CNC(=O)c2ccccc2)cc1. The van der Waals surface area contributed by atoms with E-state index in [4.69, 9.17) is 0 Å². The number of hydrogen-bond acceptors (Lipinski definition) is 3. The number of amides is 2. The van der Waals surface area contributed by atoms with Gasteiger partial charge in [0, 0.05) is 22.3 Å². The normalized spacial score (nSPS) is 10.5. The molecule has 2 N–H and O–H groups in total. The summed E-state index contributed by atoms with van der Waals surface area (Å²) in [6.07, 6.45) is 0. The van der Waals surface area contributed by atoms with Gasteiger partial charge < -0.3 is 10.6 Å². The van der Waals surface area contributed by atoms with Gasteiger partial charge in [-0.3, -0.25) is 9.59 Å². The van der Waals surface area contributed by atoms with Gasteiger partial charge in [-0.15, -0.1) is 11.8 Å². The van der Waals surface area contributed by atoms with Crippen molar-refractivity contribution in [3.8, 4) is 0 Å². The predicted molar refractivity (Wildman–Crippen MR) is 98.1 cm³/mol. The van der Waals surface area contributed by atoms with Crippen LogP contribution in [-0.2, 0) is 11.3 Å². The molecule has 5 heteroatoms. The summed E-state index contributed by atoms with van der Waals surface area (Å²) in [6.45, 7) is 4.73. The molecule has 2 amide bonds. The lowest BCUT2D eigenvalue weighted by Crippen LogP contribution is -2.36. The third kappa shape index (κ3) is 6.08. The van der Waals surface area contributed by atoms with Crippen molar-refractivity contribution < 1.29 is 9.59 Å². The van der Waals surface area contributed by atoms with E-state index in [0.29, 0.717) is 17.4 Å². The second kappa shape index (κ2) is 9.13. The Morgan fingerprint density at radius 3 is 2.25 bits per heavy atom. The van der Waals surface area contributed by atoms with Crippen LogP contribution in [0, 0.1) is 0 Å². The minimum absolute atomic E-state index is 0.0327. The lowest BCUT2D eigenvalue weighted by molar-refractivity contribution is -0.120. The fourth-order valence-electron chi connectivity index (χ4n) is 2.07. The molecule has 0 unspecified atom stereocenters. The molecule has 2 rings (SSSR count). The van der Waals surface area contributed by atoms with Crippen molar-refractivity contribution in [3.05, 3.63) is 65.7 Å². The summed E-state index contributed by atoms with van der Waals surface area (Å²) in [7, 11) is 0. The molecule has 0 fully saturated rings. The Morgan fingerprint density at radius 1 is 0.958 bits per heavy atom. The van der Waals surface area contributed by atoms with E-state index in [9.17, 15) is 9.59 Å². The molecule has 2 aromatic carbocycles. The van der Waals surface area contributed by atoms with Gasteiger partial charge in [-0.1, -0.05) is 44.2 Å². The lowest BCUT2D eigenvalue weighted by Gasteiger charge is -2.08. The minimum Gasteiger partial charge on any atom is -0.350 e. The van der Waals surface area contributed by atoms with E-state index >= 15 is 0 Å². The van der Waals surface area contributed by atoms with Crippen LogP contribution in [0.5, 0.6) is 0 Å². The fourth-order valence-corrected chi connectivity index (χ4v) is 2.91. The molecule has 0 spiro atoms. The van der Waals surface area contributed by atoms with Crippen molar-refractivity contribution in [2.45, 2.75) is 30.5 Å². The van der Waals surface area contributed by atoms with E-state index in [2.05, 4.69) is 36.6 Å². The van der Waals surface area contributed by atoms with Crippen LogP contribution in [0.1, 0.15) is 29.8 Å². The Morgan fingerprint density at radius 2 is 1.62 bits per heavy atom. The molecule has 126 valence electrons. The Labute approximate surface area is 147 Å². The van der Waals surface area contributed by atoms with Gasteiger partial charge in [-0.2, -0.15) is 0 Å². The minimum atomic E-state index is -0.249. The van der Waals surface area contributed by atoms with Gasteiger partial charge in [0.1, 0.15) is 0 Å². The number of hydrogen-bond donors (Lipinski definition) is 2. The van der Waals surface area contributed by atoms with Gasteiger partial charge in [0.15, 0.2) is 0 Å². The summed E-state index contributed by atoms with van der Waals surface area (Å²) in [5, 5.41) is 5.96. The van der Waals surface area contributed by atoms with Crippen molar-refractivity contribution in [2.24, 2.45) is 0 Å². The summed E-state index contributed by atoms with van der Waals surface area (Å²) in [5.74, 6) is -0.458. The quantitative estimate of drug-likeness (QED) is 0.760. The lowest BCUT2D eigenvalue weighted by atomic mass is 10.2. The largest absolute Gasteiger partial charge is 0.350 e. The number of carbonyl (C=O) groups excluding carboxylic acids is 2. The zero-order valence-corrected chi connectivity index (χ0v) is 14.7. The predicted octanol–water partition coefficient (Wildman–Crippen LogP) is 3.23. The monoisotopic (exact) mass is 342 g/mol. The first-order valence-corrected chi connectivity index (χ1v) is 8.78. The number of benzene rings is 2. The van der Waals surface area contributed by atoms with Crippen molar-refractivity contribution in [3.63, 3.8) is 0 Å². The Kier molecular flexibility index (Phi) is 6.88. The zero-order valence-electron chi connectivity index (χ0n) is 13.9. The highest BCUT2D eigenvalue weighted by Gasteiger charge is 2.07. The summed E-state index contributed by atoms with van der Waals surface area (Å²) >= 11 is 1.81. The van der Waals surface area contributed by atoms with Crippen LogP contribution in [0.2, 0.25) is 0 Å².